The number of aromatic nitrogens is 3. The van der Waals surface area contributed by atoms with Crippen LogP contribution in [0, 0.1) is 0 Å². The molecule has 0 atom stereocenters. The molecule has 0 spiro atoms. The number of hydrogen-bond acceptors (Lipinski definition) is 5. The van der Waals surface area contributed by atoms with Gasteiger partial charge in [-0.05, 0) is 48.0 Å². The Hall–Kier alpha value is -3.71. The normalized spacial score (nSPS) is 10.7. The van der Waals surface area contributed by atoms with Crippen LogP contribution >= 0.6 is 11.6 Å². The van der Waals surface area contributed by atoms with E-state index in [1.54, 1.807) is 31.5 Å². The molecule has 4 rings (SSSR count). The van der Waals surface area contributed by atoms with E-state index >= 15 is 0 Å². The van der Waals surface area contributed by atoms with Crippen molar-refractivity contribution in [1.82, 2.24) is 14.8 Å². The highest BCUT2D eigenvalue weighted by Gasteiger charge is 2.22. The minimum atomic E-state index is -0.788. The largest absolute Gasteiger partial charge is 0.497 e. The number of hydrogen-bond donors (Lipinski definition) is 1. The molecule has 4 aromatic rings. The second-order valence-corrected chi connectivity index (χ2v) is 7.01. The van der Waals surface area contributed by atoms with Gasteiger partial charge in [0.25, 0.3) is 11.7 Å². The summed E-state index contributed by atoms with van der Waals surface area (Å²) in [5.74, 6) is -0.661. The number of benzene rings is 2. The first-order chi connectivity index (χ1) is 14.5. The number of carbonyl (C=O) groups excluding carboxylic acids is 2. The molecule has 0 unspecified atom stereocenters. The summed E-state index contributed by atoms with van der Waals surface area (Å²) in [5, 5.41) is 11.2. The van der Waals surface area contributed by atoms with Crippen molar-refractivity contribution in [2.24, 2.45) is 0 Å². The first-order valence-corrected chi connectivity index (χ1v) is 9.47. The Bertz CT molecular complexity index is 1220. The zero-order chi connectivity index (χ0) is 21.1. The van der Waals surface area contributed by atoms with Crippen molar-refractivity contribution in [3.8, 4) is 5.75 Å². The van der Waals surface area contributed by atoms with Crippen molar-refractivity contribution in [3.63, 3.8) is 0 Å². The Morgan fingerprint density at radius 3 is 2.63 bits per heavy atom. The monoisotopic (exact) mass is 420 g/mol. The molecular formula is C22H17ClN4O3. The molecule has 8 heteroatoms. The van der Waals surface area contributed by atoms with Gasteiger partial charge in [-0.25, -0.2) is 0 Å². The number of rotatable bonds is 6. The van der Waals surface area contributed by atoms with E-state index in [4.69, 9.17) is 16.3 Å². The standard InChI is InChI=1S/C22H17ClN4O3/c1-30-16-8-9-19-17(11-16)18(13-27(19)12-14-4-6-15(23)7-5-14)21(28)22(29)25-20-3-2-10-24-26-20/h2-11,13H,12H2,1H3,(H,25,26,29). The summed E-state index contributed by atoms with van der Waals surface area (Å²) in [7, 11) is 1.55. The predicted molar refractivity (Wildman–Crippen MR) is 114 cm³/mol. The van der Waals surface area contributed by atoms with Gasteiger partial charge in [-0.1, -0.05) is 23.7 Å². The fourth-order valence-electron chi connectivity index (χ4n) is 3.17. The zero-order valence-corrected chi connectivity index (χ0v) is 16.8. The third kappa shape index (κ3) is 4.01. The smallest absolute Gasteiger partial charge is 0.298 e. The van der Waals surface area contributed by atoms with E-state index in [-0.39, 0.29) is 11.4 Å². The number of fused-ring (bicyclic) bond motifs is 1. The van der Waals surface area contributed by atoms with Crippen molar-refractivity contribution in [2.45, 2.75) is 6.54 Å². The van der Waals surface area contributed by atoms with Crippen LogP contribution in [0.5, 0.6) is 5.75 Å². The molecule has 150 valence electrons. The number of Topliss-reactive ketones (excluding diaryl/α,β-unsaturated/α-hetero) is 1. The quantitative estimate of drug-likeness (QED) is 0.377. The molecule has 2 heterocycles. The van der Waals surface area contributed by atoms with Crippen molar-refractivity contribution < 1.29 is 14.3 Å². The Balaban J connectivity index is 1.71. The summed E-state index contributed by atoms with van der Waals surface area (Å²) in [6.07, 6.45) is 3.16. The zero-order valence-electron chi connectivity index (χ0n) is 16.0. The van der Waals surface area contributed by atoms with E-state index in [1.165, 1.54) is 6.20 Å². The van der Waals surface area contributed by atoms with E-state index in [2.05, 4.69) is 15.5 Å². The molecule has 0 aliphatic rings. The van der Waals surface area contributed by atoms with Gasteiger partial charge in [0.2, 0.25) is 0 Å². The van der Waals surface area contributed by atoms with Gasteiger partial charge >= 0.3 is 0 Å². The lowest BCUT2D eigenvalue weighted by Crippen LogP contribution is -2.23. The summed E-state index contributed by atoms with van der Waals surface area (Å²) >= 11 is 5.97. The van der Waals surface area contributed by atoms with Crippen LogP contribution < -0.4 is 10.1 Å². The van der Waals surface area contributed by atoms with Gasteiger partial charge in [-0.3, -0.25) is 9.59 Å². The molecule has 0 aliphatic heterocycles. The summed E-state index contributed by atoms with van der Waals surface area (Å²) in [4.78, 5) is 25.5. The Kier molecular flexibility index (Phi) is 5.45. The van der Waals surface area contributed by atoms with E-state index in [1.807, 2.05) is 41.0 Å². The second kappa shape index (κ2) is 8.34. The van der Waals surface area contributed by atoms with Gasteiger partial charge in [0.15, 0.2) is 5.82 Å². The number of ether oxygens (including phenoxy) is 1. The topological polar surface area (TPSA) is 86.1 Å². The lowest BCUT2D eigenvalue weighted by molar-refractivity contribution is -0.112. The Morgan fingerprint density at radius 1 is 1.13 bits per heavy atom. The highest BCUT2D eigenvalue weighted by Crippen LogP contribution is 2.27. The maximum absolute atomic E-state index is 12.9. The lowest BCUT2D eigenvalue weighted by atomic mass is 10.1. The fourth-order valence-corrected chi connectivity index (χ4v) is 3.29. The number of anilines is 1. The minimum absolute atomic E-state index is 0.207. The number of ketones is 1. The van der Waals surface area contributed by atoms with Crippen molar-refractivity contribution >= 4 is 40.0 Å². The molecule has 1 N–H and O–H groups in total. The molecule has 7 nitrogen and oxygen atoms in total. The van der Waals surface area contributed by atoms with Crippen LogP contribution in [0.15, 0.2) is 67.0 Å². The third-order valence-corrected chi connectivity index (χ3v) is 4.87. The van der Waals surface area contributed by atoms with E-state index in [0.29, 0.717) is 22.7 Å². The number of amides is 1. The molecule has 2 aromatic carbocycles. The molecule has 2 aromatic heterocycles. The summed E-state index contributed by atoms with van der Waals surface area (Å²) in [6.45, 7) is 0.513. The minimum Gasteiger partial charge on any atom is -0.497 e. The van der Waals surface area contributed by atoms with Gasteiger partial charge in [0.1, 0.15) is 5.75 Å². The molecule has 0 fully saturated rings. The Morgan fingerprint density at radius 2 is 1.93 bits per heavy atom. The average Bonchev–Trinajstić information content (AvgIpc) is 3.13. The van der Waals surface area contributed by atoms with Crippen molar-refractivity contribution in [2.75, 3.05) is 12.4 Å². The fraction of sp³-hybridized carbons (Fsp3) is 0.0909. The van der Waals surface area contributed by atoms with E-state index in [0.717, 1.165) is 11.1 Å². The maximum atomic E-state index is 12.9. The number of nitrogens with one attached hydrogen (secondary N) is 1. The first-order valence-electron chi connectivity index (χ1n) is 9.10. The van der Waals surface area contributed by atoms with Gasteiger partial charge in [-0.15, -0.1) is 5.10 Å². The highest BCUT2D eigenvalue weighted by molar-refractivity contribution is 6.48. The van der Waals surface area contributed by atoms with Gasteiger partial charge in [0.05, 0.1) is 12.7 Å². The van der Waals surface area contributed by atoms with Crippen LogP contribution in [-0.4, -0.2) is 33.6 Å². The molecule has 0 radical (unpaired) electrons. The molecule has 1 amide bonds. The SMILES string of the molecule is COc1ccc2c(c1)c(C(=O)C(=O)Nc1cccnn1)cn2Cc1ccc(Cl)cc1. The molecule has 0 saturated heterocycles. The first kappa shape index (κ1) is 19.6. The van der Waals surface area contributed by atoms with Crippen molar-refractivity contribution in [1.29, 1.82) is 0 Å². The number of halogens is 1. The van der Waals surface area contributed by atoms with Crippen LogP contribution in [0.25, 0.3) is 10.9 Å². The third-order valence-electron chi connectivity index (χ3n) is 4.62. The van der Waals surface area contributed by atoms with Gasteiger partial charge in [-0.2, -0.15) is 5.10 Å². The number of nitrogens with zero attached hydrogens (tertiary/aromatic N) is 3. The van der Waals surface area contributed by atoms with Gasteiger partial charge < -0.3 is 14.6 Å². The number of methoxy groups -OCH3 is 1. The summed E-state index contributed by atoms with van der Waals surface area (Å²) in [5.41, 5.74) is 2.09. The molecule has 0 bridgehead atoms. The lowest BCUT2D eigenvalue weighted by Gasteiger charge is -2.06. The van der Waals surface area contributed by atoms with Crippen LogP contribution in [0.1, 0.15) is 15.9 Å². The van der Waals surface area contributed by atoms with Gasteiger partial charge in [0, 0.05) is 34.9 Å². The summed E-state index contributed by atoms with van der Waals surface area (Å²) in [6, 6.07) is 16.1. The van der Waals surface area contributed by atoms with E-state index in [9.17, 15) is 9.59 Å². The van der Waals surface area contributed by atoms with Crippen LogP contribution in [0.2, 0.25) is 5.02 Å². The second-order valence-electron chi connectivity index (χ2n) is 6.57. The number of carbonyl (C=O) groups is 2. The van der Waals surface area contributed by atoms with Crippen LogP contribution in [-0.2, 0) is 11.3 Å². The van der Waals surface area contributed by atoms with Crippen LogP contribution in [0.3, 0.4) is 0 Å². The Labute approximate surface area is 177 Å². The van der Waals surface area contributed by atoms with E-state index < -0.39 is 11.7 Å². The molecular weight excluding hydrogens is 404 g/mol. The maximum Gasteiger partial charge on any atom is 0.298 e. The van der Waals surface area contributed by atoms with Crippen LogP contribution in [0.4, 0.5) is 5.82 Å². The summed E-state index contributed by atoms with van der Waals surface area (Å²) < 4.78 is 7.22. The average molecular weight is 421 g/mol. The highest BCUT2D eigenvalue weighted by atomic mass is 35.5. The molecule has 0 aliphatic carbocycles. The van der Waals surface area contributed by atoms with Crippen molar-refractivity contribution in [3.05, 3.63) is 83.1 Å². The predicted octanol–water partition coefficient (Wildman–Crippen LogP) is 3.96. The molecule has 30 heavy (non-hydrogen) atoms. The molecule has 0 saturated carbocycles.